The van der Waals surface area contributed by atoms with Gasteiger partial charge in [-0.15, -0.1) is 0 Å². The normalized spacial score (nSPS) is 10.1. The molecule has 1 heterocycles. The van der Waals surface area contributed by atoms with Gasteiger partial charge < -0.3 is 10.2 Å². The standard InChI is InChI=1S/C16H18N4O/c1-3-20(10-6-9-17)16(21)13-11-15(18-2)19-14-8-5-4-7-12(13)14/h4-5,7-8,11H,3,6,10H2,1-2H3,(H,18,19). The minimum atomic E-state index is -0.0668. The quantitative estimate of drug-likeness (QED) is 0.915. The molecule has 1 aromatic heterocycles. The summed E-state index contributed by atoms with van der Waals surface area (Å²) in [5, 5.41) is 12.5. The highest BCUT2D eigenvalue weighted by Crippen LogP contribution is 2.22. The molecule has 0 aliphatic rings. The van der Waals surface area contributed by atoms with Gasteiger partial charge in [0, 0.05) is 25.5 Å². The van der Waals surface area contributed by atoms with Crippen LogP contribution in [0.4, 0.5) is 5.82 Å². The monoisotopic (exact) mass is 282 g/mol. The average molecular weight is 282 g/mol. The first-order valence-electron chi connectivity index (χ1n) is 6.95. The van der Waals surface area contributed by atoms with Crippen LogP contribution in [0.3, 0.4) is 0 Å². The van der Waals surface area contributed by atoms with Crippen molar-refractivity contribution in [3.05, 3.63) is 35.9 Å². The van der Waals surface area contributed by atoms with Crippen molar-refractivity contribution in [2.75, 3.05) is 25.5 Å². The Bertz CT molecular complexity index is 690. The van der Waals surface area contributed by atoms with Crippen molar-refractivity contribution in [2.24, 2.45) is 0 Å². The number of nitrogens with one attached hydrogen (secondary N) is 1. The average Bonchev–Trinajstić information content (AvgIpc) is 2.54. The van der Waals surface area contributed by atoms with E-state index in [1.54, 1.807) is 18.0 Å². The molecule has 0 aliphatic heterocycles. The zero-order valence-electron chi connectivity index (χ0n) is 12.3. The van der Waals surface area contributed by atoms with Crippen molar-refractivity contribution >= 4 is 22.6 Å². The molecule has 0 atom stereocenters. The highest BCUT2D eigenvalue weighted by molar-refractivity contribution is 6.06. The summed E-state index contributed by atoms with van der Waals surface area (Å²) in [4.78, 5) is 18.9. The van der Waals surface area contributed by atoms with E-state index in [0.29, 0.717) is 30.9 Å². The third-order valence-electron chi connectivity index (χ3n) is 3.37. The number of aromatic nitrogens is 1. The van der Waals surface area contributed by atoms with Crippen molar-refractivity contribution in [3.8, 4) is 6.07 Å². The largest absolute Gasteiger partial charge is 0.373 e. The number of rotatable bonds is 5. The number of nitrogens with zero attached hydrogens (tertiary/aromatic N) is 3. The predicted octanol–water partition coefficient (Wildman–Crippen LogP) is 2.65. The number of hydrogen-bond donors (Lipinski definition) is 1. The predicted molar refractivity (Wildman–Crippen MR) is 83.1 cm³/mol. The summed E-state index contributed by atoms with van der Waals surface area (Å²) in [6, 6.07) is 11.4. The van der Waals surface area contributed by atoms with Crippen molar-refractivity contribution < 1.29 is 4.79 Å². The summed E-state index contributed by atoms with van der Waals surface area (Å²) < 4.78 is 0. The molecule has 0 bridgehead atoms. The van der Waals surface area contributed by atoms with Crippen LogP contribution in [0.1, 0.15) is 23.7 Å². The van der Waals surface area contributed by atoms with E-state index < -0.39 is 0 Å². The zero-order chi connectivity index (χ0) is 15.2. The Morgan fingerprint density at radius 1 is 1.43 bits per heavy atom. The van der Waals surface area contributed by atoms with Crippen LogP contribution in [0, 0.1) is 11.3 Å². The van der Waals surface area contributed by atoms with Crippen LogP contribution >= 0.6 is 0 Å². The Balaban J connectivity index is 2.48. The minimum absolute atomic E-state index is 0.0668. The number of fused-ring (bicyclic) bond motifs is 1. The molecule has 2 rings (SSSR count). The summed E-state index contributed by atoms with van der Waals surface area (Å²) in [7, 11) is 1.78. The van der Waals surface area contributed by atoms with Gasteiger partial charge in [-0.25, -0.2) is 4.98 Å². The molecule has 0 fully saturated rings. The van der Waals surface area contributed by atoms with E-state index >= 15 is 0 Å². The number of anilines is 1. The van der Waals surface area contributed by atoms with E-state index in [1.165, 1.54) is 0 Å². The van der Waals surface area contributed by atoms with Crippen LogP contribution in [-0.4, -0.2) is 35.9 Å². The van der Waals surface area contributed by atoms with Crippen LogP contribution in [0.5, 0.6) is 0 Å². The lowest BCUT2D eigenvalue weighted by Gasteiger charge is -2.20. The maximum Gasteiger partial charge on any atom is 0.254 e. The molecule has 0 saturated heterocycles. The fraction of sp³-hybridized carbons (Fsp3) is 0.312. The number of carbonyl (C=O) groups is 1. The molecule has 0 saturated carbocycles. The van der Waals surface area contributed by atoms with Crippen molar-refractivity contribution in [2.45, 2.75) is 13.3 Å². The first-order chi connectivity index (χ1) is 10.2. The van der Waals surface area contributed by atoms with Gasteiger partial charge >= 0.3 is 0 Å². The Morgan fingerprint density at radius 3 is 2.86 bits per heavy atom. The number of amides is 1. The van der Waals surface area contributed by atoms with Gasteiger partial charge in [0.1, 0.15) is 5.82 Å². The molecule has 0 spiro atoms. The highest BCUT2D eigenvalue weighted by Gasteiger charge is 2.18. The smallest absolute Gasteiger partial charge is 0.254 e. The number of para-hydroxylation sites is 1. The van der Waals surface area contributed by atoms with E-state index in [-0.39, 0.29) is 5.91 Å². The second kappa shape index (κ2) is 6.71. The SMILES string of the molecule is CCN(CCC#N)C(=O)c1cc(NC)nc2ccccc12. The number of nitriles is 1. The Hall–Kier alpha value is -2.61. The van der Waals surface area contributed by atoms with Gasteiger partial charge in [-0.1, -0.05) is 18.2 Å². The van der Waals surface area contributed by atoms with E-state index in [1.807, 2.05) is 31.2 Å². The van der Waals surface area contributed by atoms with Crippen LogP contribution in [0.15, 0.2) is 30.3 Å². The number of benzene rings is 1. The molecule has 5 nitrogen and oxygen atoms in total. The molecule has 5 heteroatoms. The van der Waals surface area contributed by atoms with Crippen LogP contribution in [-0.2, 0) is 0 Å². The fourth-order valence-corrected chi connectivity index (χ4v) is 2.24. The lowest BCUT2D eigenvalue weighted by atomic mass is 10.1. The molecule has 2 aromatic rings. The molecule has 0 radical (unpaired) electrons. The Morgan fingerprint density at radius 2 is 2.19 bits per heavy atom. The van der Waals surface area contributed by atoms with Gasteiger partial charge in [-0.05, 0) is 19.1 Å². The van der Waals surface area contributed by atoms with E-state index in [9.17, 15) is 4.79 Å². The lowest BCUT2D eigenvalue weighted by Crippen LogP contribution is -2.31. The number of pyridine rings is 1. The van der Waals surface area contributed by atoms with Crippen LogP contribution in [0.25, 0.3) is 10.9 Å². The fourth-order valence-electron chi connectivity index (χ4n) is 2.24. The highest BCUT2D eigenvalue weighted by atomic mass is 16.2. The minimum Gasteiger partial charge on any atom is -0.373 e. The maximum atomic E-state index is 12.7. The molecule has 1 aromatic carbocycles. The van der Waals surface area contributed by atoms with Gasteiger partial charge in [-0.2, -0.15) is 5.26 Å². The second-order valence-corrected chi connectivity index (χ2v) is 4.62. The molecular weight excluding hydrogens is 264 g/mol. The third-order valence-corrected chi connectivity index (χ3v) is 3.37. The van der Waals surface area contributed by atoms with Crippen molar-refractivity contribution in [1.29, 1.82) is 5.26 Å². The Kier molecular flexibility index (Phi) is 4.72. The molecule has 21 heavy (non-hydrogen) atoms. The molecule has 1 amide bonds. The molecule has 1 N–H and O–H groups in total. The van der Waals surface area contributed by atoms with Gasteiger partial charge in [0.25, 0.3) is 5.91 Å². The topological polar surface area (TPSA) is 69.0 Å². The van der Waals surface area contributed by atoms with Gasteiger partial charge in [0.05, 0.1) is 23.6 Å². The van der Waals surface area contributed by atoms with E-state index in [2.05, 4.69) is 16.4 Å². The summed E-state index contributed by atoms with van der Waals surface area (Å²) in [6.45, 7) is 2.93. The maximum absolute atomic E-state index is 12.7. The lowest BCUT2D eigenvalue weighted by molar-refractivity contribution is 0.0770. The summed E-state index contributed by atoms with van der Waals surface area (Å²) >= 11 is 0. The molecule has 0 aliphatic carbocycles. The first kappa shape index (κ1) is 14.8. The van der Waals surface area contributed by atoms with Gasteiger partial charge in [0.2, 0.25) is 0 Å². The van der Waals surface area contributed by atoms with Gasteiger partial charge in [-0.3, -0.25) is 4.79 Å². The number of hydrogen-bond acceptors (Lipinski definition) is 4. The van der Waals surface area contributed by atoms with E-state index in [4.69, 9.17) is 5.26 Å². The summed E-state index contributed by atoms with van der Waals surface area (Å²) in [5.41, 5.74) is 1.40. The number of carbonyl (C=O) groups excluding carboxylic acids is 1. The van der Waals surface area contributed by atoms with Gasteiger partial charge in [0.15, 0.2) is 0 Å². The van der Waals surface area contributed by atoms with Crippen LogP contribution < -0.4 is 5.32 Å². The molecule has 108 valence electrons. The molecule has 0 unspecified atom stereocenters. The van der Waals surface area contributed by atoms with Crippen LogP contribution in [0.2, 0.25) is 0 Å². The first-order valence-corrected chi connectivity index (χ1v) is 6.95. The van der Waals surface area contributed by atoms with E-state index in [0.717, 1.165) is 10.9 Å². The molecular formula is C16H18N4O. The second-order valence-electron chi connectivity index (χ2n) is 4.62. The zero-order valence-corrected chi connectivity index (χ0v) is 12.3. The summed E-state index contributed by atoms with van der Waals surface area (Å²) in [6.07, 6.45) is 0.335. The van der Waals surface area contributed by atoms with Crippen molar-refractivity contribution in [1.82, 2.24) is 9.88 Å². The Labute approximate surface area is 124 Å². The van der Waals surface area contributed by atoms with Crippen molar-refractivity contribution in [3.63, 3.8) is 0 Å². The summed E-state index contributed by atoms with van der Waals surface area (Å²) in [5.74, 6) is 0.594. The third kappa shape index (κ3) is 3.11.